The second-order valence-corrected chi connectivity index (χ2v) is 2.88. The van der Waals surface area contributed by atoms with E-state index in [4.69, 9.17) is 5.73 Å². The van der Waals surface area contributed by atoms with Gasteiger partial charge in [-0.1, -0.05) is 0 Å². The molecule has 3 N–H and O–H groups in total. The van der Waals surface area contributed by atoms with Crippen LogP contribution in [0, 0.1) is 17.0 Å². The fourth-order valence-electron chi connectivity index (χ4n) is 1.25. The molecule has 0 radical (unpaired) electrons. The van der Waals surface area contributed by atoms with Gasteiger partial charge in [-0.2, -0.15) is 5.10 Å². The number of nitro groups is 1. The van der Waals surface area contributed by atoms with Gasteiger partial charge >= 0.3 is 5.69 Å². The van der Waals surface area contributed by atoms with Gasteiger partial charge in [-0.3, -0.25) is 10.1 Å². The summed E-state index contributed by atoms with van der Waals surface area (Å²) in [5, 5.41) is 17.5. The topological polar surface area (TPSA) is 99.0 Å². The number of hydrogen-bond donors (Lipinski definition) is 2. The Morgan fingerprint density at radius 3 is 2.73 bits per heavy atom. The lowest BCUT2D eigenvalue weighted by Gasteiger charge is -2.03. The highest BCUT2D eigenvalue weighted by Gasteiger charge is 2.23. The Balaban J connectivity index is 0.00000196. The maximum Gasteiger partial charge on any atom is 0.333 e. The summed E-state index contributed by atoms with van der Waals surface area (Å²) in [6, 6.07) is 0. The van der Waals surface area contributed by atoms with Crippen molar-refractivity contribution in [1.82, 2.24) is 9.78 Å². The average Bonchev–Trinajstić information content (AvgIpc) is 2.37. The first kappa shape index (κ1) is 13.7. The van der Waals surface area contributed by atoms with Crippen LogP contribution < -0.4 is 11.1 Å². The molecule has 0 atom stereocenters. The molecule has 15 heavy (non-hydrogen) atoms. The number of rotatable bonds is 4. The highest BCUT2D eigenvalue weighted by Crippen LogP contribution is 2.26. The van der Waals surface area contributed by atoms with Gasteiger partial charge in [0.25, 0.3) is 0 Å². The molecule has 0 aliphatic carbocycles. The van der Waals surface area contributed by atoms with Gasteiger partial charge in [-0.05, 0) is 6.92 Å². The molecule has 1 aromatic rings. The standard InChI is InChI=1S/C7H13N5O2.ClH/c1-5-6(12(13)14)7(9-4-3-8)11(2)10-5;/h9H,3-4,8H2,1-2H3;1H. The van der Waals surface area contributed by atoms with Crippen molar-refractivity contribution in [2.45, 2.75) is 6.92 Å². The fraction of sp³-hybridized carbons (Fsp3) is 0.571. The van der Waals surface area contributed by atoms with Gasteiger partial charge in [0.1, 0.15) is 5.69 Å². The minimum absolute atomic E-state index is 0. The average molecular weight is 236 g/mol. The molecule has 0 saturated carbocycles. The van der Waals surface area contributed by atoms with Crippen molar-refractivity contribution >= 4 is 23.9 Å². The van der Waals surface area contributed by atoms with Crippen molar-refractivity contribution in [3.63, 3.8) is 0 Å². The van der Waals surface area contributed by atoms with Crippen LogP contribution >= 0.6 is 12.4 Å². The van der Waals surface area contributed by atoms with Gasteiger partial charge in [0.2, 0.25) is 5.82 Å². The molecule has 0 aromatic carbocycles. The maximum absolute atomic E-state index is 10.7. The van der Waals surface area contributed by atoms with Crippen molar-refractivity contribution < 1.29 is 4.92 Å². The zero-order valence-electron chi connectivity index (χ0n) is 8.56. The highest BCUT2D eigenvalue weighted by molar-refractivity contribution is 5.85. The van der Waals surface area contributed by atoms with Crippen molar-refractivity contribution in [2.75, 3.05) is 18.4 Å². The number of aryl methyl sites for hydroxylation is 2. The van der Waals surface area contributed by atoms with Crippen LogP contribution in [-0.2, 0) is 7.05 Å². The van der Waals surface area contributed by atoms with E-state index in [0.717, 1.165) is 0 Å². The Kier molecular flexibility index (Phi) is 5.03. The second-order valence-electron chi connectivity index (χ2n) is 2.88. The minimum Gasteiger partial charge on any atom is -0.363 e. The summed E-state index contributed by atoms with van der Waals surface area (Å²) in [5.41, 5.74) is 5.71. The zero-order valence-corrected chi connectivity index (χ0v) is 9.37. The minimum atomic E-state index is -0.443. The van der Waals surface area contributed by atoms with Crippen LogP contribution in [0.3, 0.4) is 0 Å². The third kappa shape index (κ3) is 2.80. The smallest absolute Gasteiger partial charge is 0.333 e. The van der Waals surface area contributed by atoms with Crippen molar-refractivity contribution in [3.8, 4) is 0 Å². The molecule has 86 valence electrons. The van der Waals surface area contributed by atoms with Crippen LogP contribution in [-0.4, -0.2) is 27.8 Å². The lowest BCUT2D eigenvalue weighted by Crippen LogP contribution is -2.15. The van der Waals surface area contributed by atoms with Crippen LogP contribution in [0.15, 0.2) is 0 Å². The Morgan fingerprint density at radius 1 is 1.67 bits per heavy atom. The first-order valence-electron chi connectivity index (χ1n) is 4.19. The molecule has 0 spiro atoms. The van der Waals surface area contributed by atoms with Crippen molar-refractivity contribution in [2.24, 2.45) is 12.8 Å². The molecule has 0 aliphatic heterocycles. The van der Waals surface area contributed by atoms with Crippen LogP contribution in [0.2, 0.25) is 0 Å². The van der Waals surface area contributed by atoms with Crippen LogP contribution in [0.5, 0.6) is 0 Å². The van der Waals surface area contributed by atoms with E-state index in [9.17, 15) is 10.1 Å². The Morgan fingerprint density at radius 2 is 2.27 bits per heavy atom. The number of hydrogen-bond acceptors (Lipinski definition) is 5. The van der Waals surface area contributed by atoms with Crippen LogP contribution in [0.4, 0.5) is 11.5 Å². The second kappa shape index (κ2) is 5.52. The number of nitrogens with two attached hydrogens (primary N) is 1. The lowest BCUT2D eigenvalue weighted by atomic mass is 10.4. The summed E-state index contributed by atoms with van der Waals surface area (Å²) in [4.78, 5) is 10.3. The van der Waals surface area contributed by atoms with Crippen LogP contribution in [0.25, 0.3) is 0 Å². The summed E-state index contributed by atoms with van der Waals surface area (Å²) < 4.78 is 1.45. The molecular weight excluding hydrogens is 222 g/mol. The van der Waals surface area contributed by atoms with E-state index >= 15 is 0 Å². The third-order valence-electron chi connectivity index (χ3n) is 1.81. The summed E-state index contributed by atoms with van der Waals surface area (Å²) in [6.45, 7) is 2.51. The van der Waals surface area contributed by atoms with Gasteiger partial charge in [0.05, 0.1) is 4.92 Å². The van der Waals surface area contributed by atoms with E-state index in [0.29, 0.717) is 24.6 Å². The largest absolute Gasteiger partial charge is 0.363 e. The van der Waals surface area contributed by atoms with Gasteiger partial charge in [-0.25, -0.2) is 4.68 Å². The molecule has 0 bridgehead atoms. The summed E-state index contributed by atoms with van der Waals surface area (Å²) in [6.07, 6.45) is 0. The predicted molar refractivity (Wildman–Crippen MR) is 59.4 cm³/mol. The molecule has 0 saturated heterocycles. The number of aromatic nitrogens is 2. The number of nitrogens with one attached hydrogen (secondary N) is 1. The highest BCUT2D eigenvalue weighted by atomic mass is 35.5. The van der Waals surface area contributed by atoms with E-state index in [1.807, 2.05) is 0 Å². The lowest BCUT2D eigenvalue weighted by molar-refractivity contribution is -0.384. The Labute approximate surface area is 93.2 Å². The number of anilines is 1. The van der Waals surface area contributed by atoms with E-state index in [2.05, 4.69) is 10.4 Å². The van der Waals surface area contributed by atoms with E-state index in [1.54, 1.807) is 14.0 Å². The predicted octanol–water partition coefficient (Wildman–Crippen LogP) is 0.429. The first-order valence-corrected chi connectivity index (χ1v) is 4.19. The van der Waals surface area contributed by atoms with Gasteiger partial charge in [0.15, 0.2) is 0 Å². The molecule has 0 amide bonds. The Bertz CT molecular complexity index is 351. The normalized spacial score (nSPS) is 9.53. The van der Waals surface area contributed by atoms with Gasteiger partial charge in [-0.15, -0.1) is 12.4 Å². The molecule has 1 rings (SSSR count). The van der Waals surface area contributed by atoms with E-state index in [1.165, 1.54) is 4.68 Å². The maximum atomic E-state index is 10.7. The van der Waals surface area contributed by atoms with Crippen LogP contribution in [0.1, 0.15) is 5.69 Å². The van der Waals surface area contributed by atoms with E-state index in [-0.39, 0.29) is 18.1 Å². The summed E-state index contributed by atoms with van der Waals surface area (Å²) in [5.74, 6) is 0.401. The summed E-state index contributed by atoms with van der Waals surface area (Å²) in [7, 11) is 1.65. The monoisotopic (exact) mass is 235 g/mol. The van der Waals surface area contributed by atoms with Gasteiger partial charge < -0.3 is 11.1 Å². The molecule has 8 heteroatoms. The Hall–Kier alpha value is -1.34. The number of nitrogens with zero attached hydrogens (tertiary/aromatic N) is 3. The van der Waals surface area contributed by atoms with Crippen molar-refractivity contribution in [1.29, 1.82) is 0 Å². The van der Waals surface area contributed by atoms with E-state index < -0.39 is 4.92 Å². The molecule has 0 unspecified atom stereocenters. The summed E-state index contributed by atoms with van der Waals surface area (Å²) >= 11 is 0. The van der Waals surface area contributed by atoms with Crippen molar-refractivity contribution in [3.05, 3.63) is 15.8 Å². The SMILES string of the molecule is Cc1nn(C)c(NCCN)c1[N+](=O)[O-].Cl. The first-order chi connectivity index (χ1) is 6.57. The van der Waals surface area contributed by atoms with Gasteiger partial charge in [0, 0.05) is 20.1 Å². The molecule has 0 aliphatic rings. The molecule has 0 fully saturated rings. The molecule has 1 heterocycles. The molecule has 7 nitrogen and oxygen atoms in total. The zero-order chi connectivity index (χ0) is 10.7. The molecule has 1 aromatic heterocycles. The molecular formula is C7H14ClN5O2. The fourth-order valence-corrected chi connectivity index (χ4v) is 1.25. The quantitative estimate of drug-likeness (QED) is 0.582. The third-order valence-corrected chi connectivity index (χ3v) is 1.81. The number of halogens is 1.